The van der Waals surface area contributed by atoms with Crippen LogP contribution in [0.4, 0.5) is 5.82 Å². The molecule has 0 saturated carbocycles. The van der Waals surface area contributed by atoms with Gasteiger partial charge in [0.25, 0.3) is 0 Å². The molecule has 0 aliphatic carbocycles. The number of benzene rings is 1. The molecular formula is C21H30N6. The van der Waals surface area contributed by atoms with Gasteiger partial charge in [0.2, 0.25) is 0 Å². The van der Waals surface area contributed by atoms with Crippen LogP contribution in [0.15, 0.2) is 53.7 Å². The third kappa shape index (κ3) is 5.44. The maximum absolute atomic E-state index is 4.75. The molecule has 1 aromatic heterocycles. The van der Waals surface area contributed by atoms with Crippen LogP contribution < -0.4 is 10.2 Å². The van der Waals surface area contributed by atoms with Gasteiger partial charge in [-0.3, -0.25) is 0 Å². The van der Waals surface area contributed by atoms with Gasteiger partial charge >= 0.3 is 0 Å². The van der Waals surface area contributed by atoms with Gasteiger partial charge < -0.3 is 20.0 Å². The Labute approximate surface area is 162 Å². The molecule has 2 heterocycles. The molecule has 6 nitrogen and oxygen atoms in total. The fraction of sp³-hybridized carbons (Fsp3) is 0.429. The molecule has 1 N–H and O–H groups in total. The van der Waals surface area contributed by atoms with Crippen molar-refractivity contribution in [3.05, 3.63) is 59.8 Å². The van der Waals surface area contributed by atoms with E-state index in [-0.39, 0.29) is 0 Å². The molecule has 1 fully saturated rings. The summed E-state index contributed by atoms with van der Waals surface area (Å²) in [4.78, 5) is 16.2. The smallest absolute Gasteiger partial charge is 0.194 e. The summed E-state index contributed by atoms with van der Waals surface area (Å²) in [7, 11) is 6.20. The van der Waals surface area contributed by atoms with E-state index < -0.39 is 0 Å². The molecule has 0 atom stereocenters. The van der Waals surface area contributed by atoms with Crippen molar-refractivity contribution in [2.75, 3.05) is 52.2 Å². The fourth-order valence-electron chi connectivity index (χ4n) is 3.15. The van der Waals surface area contributed by atoms with Crippen LogP contribution in [0.2, 0.25) is 0 Å². The number of likely N-dealkylation sites (N-methyl/N-ethyl adjacent to an activating group) is 1. The summed E-state index contributed by atoms with van der Waals surface area (Å²) in [5, 5.41) is 3.49. The number of guanidine groups is 1. The second kappa shape index (κ2) is 9.37. The number of hydrogen-bond donors (Lipinski definition) is 1. The predicted molar refractivity (Wildman–Crippen MR) is 112 cm³/mol. The van der Waals surface area contributed by atoms with E-state index >= 15 is 0 Å². The Kier molecular flexibility index (Phi) is 6.65. The van der Waals surface area contributed by atoms with Crippen molar-refractivity contribution in [1.82, 2.24) is 20.1 Å². The maximum Gasteiger partial charge on any atom is 0.194 e. The fourth-order valence-corrected chi connectivity index (χ4v) is 3.15. The summed E-state index contributed by atoms with van der Waals surface area (Å²) in [6.45, 7) is 5.56. The lowest BCUT2D eigenvalue weighted by atomic mass is 10.2. The number of nitrogens with zero attached hydrogens (tertiary/aromatic N) is 5. The molecule has 1 aliphatic rings. The van der Waals surface area contributed by atoms with E-state index in [2.05, 4.69) is 45.3 Å². The van der Waals surface area contributed by atoms with E-state index in [1.165, 1.54) is 11.1 Å². The quantitative estimate of drug-likeness (QED) is 0.648. The first-order chi connectivity index (χ1) is 13.1. The van der Waals surface area contributed by atoms with E-state index in [4.69, 9.17) is 4.99 Å². The number of pyridine rings is 1. The number of anilines is 1. The molecule has 2 aromatic rings. The summed E-state index contributed by atoms with van der Waals surface area (Å²) >= 11 is 0. The van der Waals surface area contributed by atoms with Crippen molar-refractivity contribution < 1.29 is 0 Å². The zero-order valence-corrected chi connectivity index (χ0v) is 16.6. The van der Waals surface area contributed by atoms with Crippen molar-refractivity contribution in [3.8, 4) is 0 Å². The van der Waals surface area contributed by atoms with Crippen LogP contribution in [0.25, 0.3) is 0 Å². The van der Waals surface area contributed by atoms with Crippen LogP contribution in [0, 0.1) is 0 Å². The minimum atomic E-state index is 0.666. The van der Waals surface area contributed by atoms with Gasteiger partial charge in [0.05, 0.1) is 6.54 Å². The topological polar surface area (TPSA) is 47.0 Å². The third-order valence-corrected chi connectivity index (χ3v) is 4.79. The third-order valence-electron chi connectivity index (χ3n) is 4.79. The van der Waals surface area contributed by atoms with Crippen molar-refractivity contribution in [3.63, 3.8) is 0 Å². The van der Waals surface area contributed by atoms with Crippen LogP contribution in [0.3, 0.4) is 0 Å². The first kappa shape index (κ1) is 19.2. The monoisotopic (exact) mass is 366 g/mol. The molecule has 1 aromatic carbocycles. The van der Waals surface area contributed by atoms with Gasteiger partial charge in [-0.25, -0.2) is 9.98 Å². The molecule has 1 saturated heterocycles. The minimum Gasteiger partial charge on any atom is -0.354 e. The van der Waals surface area contributed by atoms with Crippen LogP contribution in [0.5, 0.6) is 0 Å². The number of aromatic nitrogens is 1. The Morgan fingerprint density at radius 3 is 2.52 bits per heavy atom. The maximum atomic E-state index is 4.75. The number of piperazine rings is 1. The zero-order valence-electron chi connectivity index (χ0n) is 16.6. The highest BCUT2D eigenvalue weighted by atomic mass is 15.3. The highest BCUT2D eigenvalue weighted by molar-refractivity contribution is 5.79. The van der Waals surface area contributed by atoms with E-state index in [1.807, 2.05) is 49.5 Å². The first-order valence-corrected chi connectivity index (χ1v) is 9.50. The van der Waals surface area contributed by atoms with Gasteiger partial charge in [0, 0.05) is 58.6 Å². The van der Waals surface area contributed by atoms with E-state index in [9.17, 15) is 0 Å². The molecule has 0 bridgehead atoms. The normalized spacial score (nSPS) is 15.7. The van der Waals surface area contributed by atoms with Crippen molar-refractivity contribution in [2.45, 2.75) is 13.1 Å². The average Bonchev–Trinajstić information content (AvgIpc) is 2.69. The summed E-state index contributed by atoms with van der Waals surface area (Å²) in [6.07, 6.45) is 1.88. The van der Waals surface area contributed by atoms with Gasteiger partial charge in [-0.15, -0.1) is 0 Å². The number of rotatable bonds is 5. The molecule has 0 amide bonds. The molecule has 6 heteroatoms. The number of aliphatic imine (C=N–C) groups is 1. The summed E-state index contributed by atoms with van der Waals surface area (Å²) in [5.74, 6) is 1.96. The molecule has 1 aliphatic heterocycles. The van der Waals surface area contributed by atoms with Gasteiger partial charge in [-0.1, -0.05) is 36.4 Å². The Bertz CT molecular complexity index is 735. The van der Waals surface area contributed by atoms with Crippen molar-refractivity contribution in [1.29, 1.82) is 0 Å². The molecule has 0 unspecified atom stereocenters. The highest BCUT2D eigenvalue weighted by Crippen LogP contribution is 2.18. The number of hydrogen-bond acceptors (Lipinski definition) is 4. The van der Waals surface area contributed by atoms with E-state index in [1.54, 1.807) is 0 Å². The van der Waals surface area contributed by atoms with E-state index in [0.717, 1.165) is 38.0 Å². The first-order valence-electron chi connectivity index (χ1n) is 9.50. The summed E-state index contributed by atoms with van der Waals surface area (Å²) in [6, 6.07) is 14.5. The van der Waals surface area contributed by atoms with E-state index in [0.29, 0.717) is 13.1 Å². The standard InChI is InChI=1S/C21H30N6/c1-25(2)21(23-16-18-8-5-4-6-9-18)24-17-19-10-7-11-22-20(19)27-14-12-26(3)13-15-27/h4-11H,12-17H2,1-3H3,(H,23,24). The molecule has 27 heavy (non-hydrogen) atoms. The Morgan fingerprint density at radius 2 is 1.81 bits per heavy atom. The second-order valence-electron chi connectivity index (χ2n) is 7.15. The lowest BCUT2D eigenvalue weighted by Crippen LogP contribution is -2.45. The zero-order chi connectivity index (χ0) is 19.1. The largest absolute Gasteiger partial charge is 0.354 e. The van der Waals surface area contributed by atoms with Gasteiger partial charge in [0.1, 0.15) is 5.82 Å². The average molecular weight is 367 g/mol. The van der Waals surface area contributed by atoms with Gasteiger partial charge in [-0.05, 0) is 18.7 Å². The SMILES string of the molecule is CN1CCN(c2ncccc2CNC(=NCc2ccccc2)N(C)C)CC1. The number of nitrogens with one attached hydrogen (secondary N) is 1. The van der Waals surface area contributed by atoms with Gasteiger partial charge in [-0.2, -0.15) is 0 Å². The Morgan fingerprint density at radius 1 is 1.07 bits per heavy atom. The van der Waals surface area contributed by atoms with Gasteiger partial charge in [0.15, 0.2) is 5.96 Å². The predicted octanol–water partition coefficient (Wildman–Crippen LogP) is 2.04. The molecule has 0 spiro atoms. The molecule has 144 valence electrons. The minimum absolute atomic E-state index is 0.666. The van der Waals surface area contributed by atoms with Crippen LogP contribution >= 0.6 is 0 Å². The Hall–Kier alpha value is -2.60. The lowest BCUT2D eigenvalue weighted by molar-refractivity contribution is 0.312. The lowest BCUT2D eigenvalue weighted by Gasteiger charge is -2.34. The van der Waals surface area contributed by atoms with Crippen molar-refractivity contribution in [2.24, 2.45) is 4.99 Å². The molecule has 3 rings (SSSR count). The summed E-state index contributed by atoms with van der Waals surface area (Å²) in [5.41, 5.74) is 2.41. The van der Waals surface area contributed by atoms with Crippen LogP contribution in [0.1, 0.15) is 11.1 Å². The van der Waals surface area contributed by atoms with Crippen LogP contribution in [-0.2, 0) is 13.1 Å². The highest BCUT2D eigenvalue weighted by Gasteiger charge is 2.18. The van der Waals surface area contributed by atoms with Crippen LogP contribution in [-0.4, -0.2) is 68.1 Å². The van der Waals surface area contributed by atoms with Crippen molar-refractivity contribution >= 4 is 11.8 Å². The Balaban J connectivity index is 1.67. The molecular weight excluding hydrogens is 336 g/mol. The molecule has 0 radical (unpaired) electrons. The summed E-state index contributed by atoms with van der Waals surface area (Å²) < 4.78 is 0. The second-order valence-corrected chi connectivity index (χ2v) is 7.15.